The maximum Gasteiger partial charge on any atom is 0.243 e. The van der Waals surface area contributed by atoms with Gasteiger partial charge in [-0.25, -0.2) is 4.98 Å². The third kappa shape index (κ3) is 3.57. The molecule has 1 aromatic heterocycles. The molecule has 16 heavy (non-hydrogen) atoms. The van der Waals surface area contributed by atoms with Gasteiger partial charge in [0.05, 0.1) is 11.7 Å². The molecule has 1 rings (SSSR count). The second-order valence-electron chi connectivity index (χ2n) is 4.39. The first-order valence-electron chi connectivity index (χ1n) is 5.40. The van der Waals surface area contributed by atoms with Crippen LogP contribution in [0.25, 0.3) is 0 Å². The first kappa shape index (κ1) is 13.1. The number of hydrogen-bond acceptors (Lipinski definition) is 4. The molecule has 0 saturated heterocycles. The van der Waals surface area contributed by atoms with Crippen LogP contribution in [0.1, 0.15) is 30.8 Å². The normalized spacial score (nSPS) is 12.9. The molecule has 3 N–H and O–H groups in total. The van der Waals surface area contributed by atoms with E-state index in [9.17, 15) is 4.79 Å². The van der Waals surface area contributed by atoms with Gasteiger partial charge in [-0.1, -0.05) is 13.8 Å². The SMILES string of the molecule is Cc1nc(NC(=O)C(N)CC(C)C)sc1C. The minimum atomic E-state index is -0.454. The smallest absolute Gasteiger partial charge is 0.243 e. The first-order chi connectivity index (χ1) is 7.40. The Balaban J connectivity index is 2.57. The van der Waals surface area contributed by atoms with Gasteiger partial charge in [0.1, 0.15) is 0 Å². The lowest BCUT2D eigenvalue weighted by Gasteiger charge is -2.12. The Labute approximate surface area is 100 Å². The van der Waals surface area contributed by atoms with Gasteiger partial charge in [0.25, 0.3) is 0 Å². The molecule has 0 radical (unpaired) electrons. The Morgan fingerprint density at radius 3 is 2.56 bits per heavy atom. The number of carbonyl (C=O) groups excluding carboxylic acids is 1. The third-order valence-electron chi connectivity index (χ3n) is 2.32. The molecule has 4 nitrogen and oxygen atoms in total. The van der Waals surface area contributed by atoms with Gasteiger partial charge in [-0.05, 0) is 26.2 Å². The number of hydrogen-bond donors (Lipinski definition) is 2. The van der Waals surface area contributed by atoms with E-state index in [-0.39, 0.29) is 5.91 Å². The van der Waals surface area contributed by atoms with Crippen molar-refractivity contribution in [1.82, 2.24) is 4.98 Å². The van der Waals surface area contributed by atoms with Crippen LogP contribution in [0.4, 0.5) is 5.13 Å². The molecule has 1 unspecified atom stereocenters. The Morgan fingerprint density at radius 1 is 1.50 bits per heavy atom. The van der Waals surface area contributed by atoms with Crippen molar-refractivity contribution in [2.75, 3.05) is 5.32 Å². The van der Waals surface area contributed by atoms with Crippen molar-refractivity contribution in [2.45, 2.75) is 40.2 Å². The molecule has 0 bridgehead atoms. The Hall–Kier alpha value is -0.940. The lowest BCUT2D eigenvalue weighted by atomic mass is 10.0. The van der Waals surface area contributed by atoms with Crippen molar-refractivity contribution in [3.05, 3.63) is 10.6 Å². The number of thiazole rings is 1. The number of amides is 1. The molecule has 1 atom stereocenters. The minimum absolute atomic E-state index is 0.151. The fourth-order valence-corrected chi connectivity index (χ4v) is 2.16. The van der Waals surface area contributed by atoms with Gasteiger partial charge in [0.2, 0.25) is 5.91 Å². The number of carbonyl (C=O) groups is 1. The Kier molecular flexibility index (Phi) is 4.44. The minimum Gasteiger partial charge on any atom is -0.320 e. The zero-order valence-corrected chi connectivity index (χ0v) is 11.0. The molecule has 5 heteroatoms. The van der Waals surface area contributed by atoms with Crippen molar-refractivity contribution in [3.63, 3.8) is 0 Å². The van der Waals surface area contributed by atoms with Crippen molar-refractivity contribution in [1.29, 1.82) is 0 Å². The molecule has 0 spiro atoms. The zero-order chi connectivity index (χ0) is 12.3. The van der Waals surface area contributed by atoms with Crippen LogP contribution >= 0.6 is 11.3 Å². The summed E-state index contributed by atoms with van der Waals surface area (Å²) in [4.78, 5) is 17.1. The molecule has 0 aliphatic rings. The zero-order valence-electron chi connectivity index (χ0n) is 10.2. The van der Waals surface area contributed by atoms with Crippen LogP contribution < -0.4 is 11.1 Å². The summed E-state index contributed by atoms with van der Waals surface area (Å²) in [5.41, 5.74) is 6.73. The molecule has 0 aliphatic heterocycles. The Bertz CT molecular complexity index is 354. The number of nitrogens with two attached hydrogens (primary N) is 1. The second kappa shape index (κ2) is 5.41. The van der Waals surface area contributed by atoms with E-state index in [4.69, 9.17) is 5.73 Å². The maximum atomic E-state index is 11.7. The number of nitrogens with zero attached hydrogens (tertiary/aromatic N) is 1. The molecular weight excluding hydrogens is 222 g/mol. The van der Waals surface area contributed by atoms with Gasteiger partial charge >= 0.3 is 0 Å². The number of anilines is 1. The van der Waals surface area contributed by atoms with E-state index in [1.165, 1.54) is 11.3 Å². The van der Waals surface area contributed by atoms with E-state index in [0.29, 0.717) is 17.5 Å². The molecule has 1 aromatic rings. The van der Waals surface area contributed by atoms with E-state index in [0.717, 1.165) is 10.6 Å². The fourth-order valence-electron chi connectivity index (χ4n) is 1.34. The highest BCUT2D eigenvalue weighted by molar-refractivity contribution is 7.15. The van der Waals surface area contributed by atoms with Crippen LogP contribution in [-0.4, -0.2) is 16.9 Å². The molecule has 0 saturated carbocycles. The number of nitrogens with one attached hydrogen (secondary N) is 1. The lowest BCUT2D eigenvalue weighted by Crippen LogP contribution is -2.36. The number of aryl methyl sites for hydroxylation is 2. The summed E-state index contributed by atoms with van der Waals surface area (Å²) >= 11 is 1.48. The maximum absolute atomic E-state index is 11.7. The molecule has 0 aliphatic carbocycles. The Morgan fingerprint density at radius 2 is 2.12 bits per heavy atom. The monoisotopic (exact) mass is 241 g/mol. The van der Waals surface area contributed by atoms with Gasteiger partial charge in [-0.2, -0.15) is 0 Å². The topological polar surface area (TPSA) is 68.0 Å². The molecule has 0 fully saturated rings. The second-order valence-corrected chi connectivity index (χ2v) is 5.59. The van der Waals surface area contributed by atoms with Crippen LogP contribution in [0.5, 0.6) is 0 Å². The molecule has 1 amide bonds. The standard InChI is InChI=1S/C11H19N3OS/c1-6(2)5-9(12)10(15)14-11-13-7(3)8(4)16-11/h6,9H,5,12H2,1-4H3,(H,13,14,15). The van der Waals surface area contributed by atoms with E-state index in [2.05, 4.69) is 10.3 Å². The van der Waals surface area contributed by atoms with Gasteiger partial charge in [0.15, 0.2) is 5.13 Å². The summed E-state index contributed by atoms with van der Waals surface area (Å²) in [5, 5.41) is 3.39. The molecule has 90 valence electrons. The van der Waals surface area contributed by atoms with Crippen molar-refractivity contribution in [3.8, 4) is 0 Å². The highest BCUT2D eigenvalue weighted by Crippen LogP contribution is 2.21. The number of rotatable bonds is 4. The highest BCUT2D eigenvalue weighted by atomic mass is 32.1. The summed E-state index contributed by atoms with van der Waals surface area (Å²) in [6, 6.07) is -0.454. The highest BCUT2D eigenvalue weighted by Gasteiger charge is 2.16. The lowest BCUT2D eigenvalue weighted by molar-refractivity contribution is -0.117. The molecular formula is C11H19N3OS. The van der Waals surface area contributed by atoms with Gasteiger partial charge in [-0.15, -0.1) is 11.3 Å². The van der Waals surface area contributed by atoms with Crippen LogP contribution in [0, 0.1) is 19.8 Å². The van der Waals surface area contributed by atoms with Crippen molar-refractivity contribution >= 4 is 22.4 Å². The van der Waals surface area contributed by atoms with E-state index >= 15 is 0 Å². The quantitative estimate of drug-likeness (QED) is 0.848. The summed E-state index contributed by atoms with van der Waals surface area (Å²) in [6.07, 6.45) is 0.690. The van der Waals surface area contributed by atoms with Gasteiger partial charge < -0.3 is 11.1 Å². The first-order valence-corrected chi connectivity index (χ1v) is 6.22. The van der Waals surface area contributed by atoms with Crippen LogP contribution in [0.3, 0.4) is 0 Å². The largest absolute Gasteiger partial charge is 0.320 e. The van der Waals surface area contributed by atoms with Crippen LogP contribution in [0.2, 0.25) is 0 Å². The molecule has 0 aromatic carbocycles. The van der Waals surface area contributed by atoms with Crippen LogP contribution in [-0.2, 0) is 4.79 Å². The fraction of sp³-hybridized carbons (Fsp3) is 0.636. The summed E-state index contributed by atoms with van der Waals surface area (Å²) < 4.78 is 0. The average Bonchev–Trinajstić information content (AvgIpc) is 2.44. The van der Waals surface area contributed by atoms with E-state index in [1.54, 1.807) is 0 Å². The average molecular weight is 241 g/mol. The van der Waals surface area contributed by atoms with Gasteiger partial charge in [0, 0.05) is 4.88 Å². The third-order valence-corrected chi connectivity index (χ3v) is 3.31. The summed E-state index contributed by atoms with van der Waals surface area (Å²) in [7, 11) is 0. The summed E-state index contributed by atoms with van der Waals surface area (Å²) in [6.45, 7) is 8.00. The van der Waals surface area contributed by atoms with Crippen molar-refractivity contribution < 1.29 is 4.79 Å². The summed E-state index contributed by atoms with van der Waals surface area (Å²) in [5.74, 6) is 0.267. The van der Waals surface area contributed by atoms with E-state index in [1.807, 2.05) is 27.7 Å². The number of aromatic nitrogens is 1. The van der Waals surface area contributed by atoms with Crippen molar-refractivity contribution in [2.24, 2.45) is 11.7 Å². The van der Waals surface area contributed by atoms with Gasteiger partial charge in [-0.3, -0.25) is 4.79 Å². The van der Waals surface area contributed by atoms with Crippen LogP contribution in [0.15, 0.2) is 0 Å². The molecule has 1 heterocycles. The van der Waals surface area contributed by atoms with E-state index < -0.39 is 6.04 Å². The predicted molar refractivity (Wildman–Crippen MR) is 67.6 cm³/mol. The predicted octanol–water partition coefficient (Wildman–Crippen LogP) is 2.07.